The quantitative estimate of drug-likeness (QED) is 0.693. The Hall–Kier alpha value is -0.540. The maximum Gasteiger partial charge on any atom is 0.181 e. The van der Waals surface area contributed by atoms with Gasteiger partial charge in [0.1, 0.15) is 5.82 Å². The highest BCUT2D eigenvalue weighted by Crippen LogP contribution is 2.41. The third kappa shape index (κ3) is 1.68. The zero-order valence-corrected chi connectivity index (χ0v) is 10.0. The molecule has 80 valence electrons. The number of Topliss-reactive ketones (excluding diaryl/α,β-unsaturated/α-hetero) is 1. The van der Waals surface area contributed by atoms with Crippen LogP contribution in [-0.4, -0.2) is 10.5 Å². The second kappa shape index (κ2) is 3.49. The predicted octanol–water partition coefficient (Wildman–Crippen LogP) is 3.69. The van der Waals surface area contributed by atoms with E-state index in [4.69, 9.17) is 11.6 Å². The highest BCUT2D eigenvalue weighted by atomic mass is 35.5. The fraction of sp³-hybridized carbons (Fsp3) is 0.364. The van der Waals surface area contributed by atoms with Gasteiger partial charge in [-0.2, -0.15) is 0 Å². The molecule has 1 aromatic rings. The van der Waals surface area contributed by atoms with Crippen molar-refractivity contribution in [2.75, 3.05) is 0 Å². The second-order valence-electron chi connectivity index (χ2n) is 4.01. The van der Waals surface area contributed by atoms with E-state index in [-0.39, 0.29) is 11.3 Å². The molecule has 1 aliphatic heterocycles. The predicted molar refractivity (Wildman–Crippen MR) is 61.1 cm³/mol. The molecular weight excluding hydrogens is 235 g/mol. The monoisotopic (exact) mass is 244 g/mol. The number of benzene rings is 1. The van der Waals surface area contributed by atoms with Crippen LogP contribution >= 0.6 is 23.4 Å². The molecule has 0 fully saturated rings. The molecule has 1 aromatic carbocycles. The normalized spacial score (nSPS) is 18.8. The molecular formula is C11H10ClFOS. The van der Waals surface area contributed by atoms with Crippen molar-refractivity contribution in [2.45, 2.75) is 24.3 Å². The van der Waals surface area contributed by atoms with Crippen molar-refractivity contribution in [3.8, 4) is 0 Å². The van der Waals surface area contributed by atoms with Crippen LogP contribution in [0.1, 0.15) is 29.8 Å². The standard InChI is InChI=1S/C11H10ClFOS/c1-11(2)10(14)9-6(5-15-11)7(12)3-4-8(9)13/h3-4H,5H2,1-2H3. The minimum atomic E-state index is -0.557. The van der Waals surface area contributed by atoms with Gasteiger partial charge in [0, 0.05) is 10.8 Å². The molecule has 0 saturated heterocycles. The van der Waals surface area contributed by atoms with Crippen molar-refractivity contribution in [3.05, 3.63) is 34.1 Å². The lowest BCUT2D eigenvalue weighted by Crippen LogP contribution is -2.33. The highest BCUT2D eigenvalue weighted by Gasteiger charge is 2.37. The molecule has 0 saturated carbocycles. The molecule has 0 N–H and O–H groups in total. The fourth-order valence-electron chi connectivity index (χ4n) is 1.60. The van der Waals surface area contributed by atoms with Crippen molar-refractivity contribution in [2.24, 2.45) is 0 Å². The Balaban J connectivity index is 2.66. The summed E-state index contributed by atoms with van der Waals surface area (Å²) in [6.45, 7) is 3.62. The average Bonchev–Trinajstić information content (AvgIpc) is 2.16. The Labute approximate surface area is 97.0 Å². The summed E-state index contributed by atoms with van der Waals surface area (Å²) in [6, 6.07) is 2.76. The lowest BCUT2D eigenvalue weighted by Gasteiger charge is -2.29. The van der Waals surface area contributed by atoms with Gasteiger partial charge in [0.25, 0.3) is 0 Å². The van der Waals surface area contributed by atoms with Gasteiger partial charge in [0.15, 0.2) is 5.78 Å². The van der Waals surface area contributed by atoms with Crippen molar-refractivity contribution in [1.82, 2.24) is 0 Å². The van der Waals surface area contributed by atoms with Crippen molar-refractivity contribution in [1.29, 1.82) is 0 Å². The van der Waals surface area contributed by atoms with Gasteiger partial charge in [-0.3, -0.25) is 4.79 Å². The summed E-state index contributed by atoms with van der Waals surface area (Å²) in [5, 5.41) is 0.475. The number of halogens is 2. The molecule has 0 aliphatic carbocycles. The van der Waals surface area contributed by atoms with Gasteiger partial charge in [0.05, 0.1) is 10.3 Å². The number of carbonyl (C=O) groups excluding carboxylic acids is 1. The Morgan fingerprint density at radius 1 is 1.47 bits per heavy atom. The molecule has 0 unspecified atom stereocenters. The zero-order chi connectivity index (χ0) is 11.2. The first-order chi connectivity index (χ1) is 6.93. The third-order valence-corrected chi connectivity index (χ3v) is 4.25. The van der Waals surface area contributed by atoms with E-state index in [9.17, 15) is 9.18 Å². The van der Waals surface area contributed by atoms with Crippen molar-refractivity contribution >= 4 is 29.1 Å². The van der Waals surface area contributed by atoms with Crippen LogP contribution in [0, 0.1) is 5.82 Å². The number of thioether (sulfide) groups is 1. The molecule has 0 bridgehead atoms. The topological polar surface area (TPSA) is 17.1 Å². The first kappa shape index (κ1) is 11.0. The Morgan fingerprint density at radius 2 is 2.13 bits per heavy atom. The maximum atomic E-state index is 13.6. The van der Waals surface area contributed by atoms with E-state index >= 15 is 0 Å². The van der Waals surface area contributed by atoms with E-state index in [1.807, 2.05) is 13.8 Å². The highest BCUT2D eigenvalue weighted by molar-refractivity contribution is 8.00. The number of fused-ring (bicyclic) bond motifs is 1. The fourth-order valence-corrected chi connectivity index (χ4v) is 2.94. The van der Waals surface area contributed by atoms with Gasteiger partial charge in [-0.05, 0) is 31.5 Å². The van der Waals surface area contributed by atoms with Crippen LogP contribution < -0.4 is 0 Å². The molecule has 0 spiro atoms. The van der Waals surface area contributed by atoms with E-state index in [2.05, 4.69) is 0 Å². The van der Waals surface area contributed by atoms with Gasteiger partial charge in [0.2, 0.25) is 0 Å². The summed E-state index contributed by atoms with van der Waals surface area (Å²) in [6.07, 6.45) is 0. The first-order valence-corrected chi connectivity index (χ1v) is 5.95. The van der Waals surface area contributed by atoms with Crippen LogP contribution in [-0.2, 0) is 5.75 Å². The summed E-state index contributed by atoms with van der Waals surface area (Å²) in [7, 11) is 0. The minimum Gasteiger partial charge on any atom is -0.293 e. The summed E-state index contributed by atoms with van der Waals surface area (Å²) in [5.74, 6) is -0.0495. The van der Waals surface area contributed by atoms with Crippen LogP contribution in [0.15, 0.2) is 12.1 Å². The maximum absolute atomic E-state index is 13.6. The van der Waals surface area contributed by atoms with E-state index in [1.165, 1.54) is 23.9 Å². The molecule has 0 aromatic heterocycles. The Bertz CT molecular complexity index is 442. The molecule has 0 atom stereocenters. The lowest BCUT2D eigenvalue weighted by atomic mass is 9.95. The molecule has 15 heavy (non-hydrogen) atoms. The van der Waals surface area contributed by atoms with Crippen LogP contribution in [0.5, 0.6) is 0 Å². The Kier molecular flexibility index (Phi) is 2.55. The lowest BCUT2D eigenvalue weighted by molar-refractivity contribution is 0.0951. The zero-order valence-electron chi connectivity index (χ0n) is 8.43. The number of rotatable bonds is 0. The second-order valence-corrected chi connectivity index (χ2v) is 6.02. The number of ketones is 1. The summed E-state index contributed by atoms with van der Waals surface area (Å²) in [4.78, 5) is 12.0. The molecule has 0 radical (unpaired) electrons. The van der Waals surface area contributed by atoms with Crippen molar-refractivity contribution < 1.29 is 9.18 Å². The van der Waals surface area contributed by atoms with Crippen LogP contribution in [0.2, 0.25) is 5.02 Å². The van der Waals surface area contributed by atoms with Gasteiger partial charge < -0.3 is 0 Å². The first-order valence-electron chi connectivity index (χ1n) is 4.59. The third-order valence-electron chi connectivity index (χ3n) is 2.56. The van der Waals surface area contributed by atoms with Crippen LogP contribution in [0.4, 0.5) is 4.39 Å². The molecule has 1 nitrogen and oxygen atoms in total. The largest absolute Gasteiger partial charge is 0.293 e. The van der Waals surface area contributed by atoms with Gasteiger partial charge in [-0.15, -0.1) is 11.8 Å². The smallest absolute Gasteiger partial charge is 0.181 e. The minimum absolute atomic E-state index is 0.172. The van der Waals surface area contributed by atoms with Crippen LogP contribution in [0.25, 0.3) is 0 Å². The van der Waals surface area contributed by atoms with E-state index in [1.54, 1.807) is 0 Å². The van der Waals surface area contributed by atoms with Gasteiger partial charge in [-0.1, -0.05) is 11.6 Å². The SMILES string of the molecule is CC1(C)SCc2c(Cl)ccc(F)c2C1=O. The van der Waals surface area contributed by atoms with Crippen molar-refractivity contribution in [3.63, 3.8) is 0 Å². The van der Waals surface area contributed by atoms with Gasteiger partial charge >= 0.3 is 0 Å². The number of hydrogen-bond donors (Lipinski definition) is 0. The van der Waals surface area contributed by atoms with E-state index in [0.29, 0.717) is 16.3 Å². The molecule has 1 aliphatic rings. The van der Waals surface area contributed by atoms with Crippen LogP contribution in [0.3, 0.4) is 0 Å². The van der Waals surface area contributed by atoms with E-state index in [0.717, 1.165) is 0 Å². The van der Waals surface area contributed by atoms with E-state index < -0.39 is 10.6 Å². The van der Waals surface area contributed by atoms with Gasteiger partial charge in [-0.25, -0.2) is 4.39 Å². The Morgan fingerprint density at radius 3 is 2.80 bits per heavy atom. The summed E-state index contributed by atoms with van der Waals surface area (Å²) in [5.41, 5.74) is 0.803. The molecule has 4 heteroatoms. The average molecular weight is 245 g/mol. The number of hydrogen-bond acceptors (Lipinski definition) is 2. The molecule has 1 heterocycles. The molecule has 2 rings (SSSR count). The summed E-state index contributed by atoms with van der Waals surface area (Å²) >= 11 is 7.43. The summed E-state index contributed by atoms with van der Waals surface area (Å²) < 4.78 is 13.0. The molecule has 0 amide bonds. The number of carbonyl (C=O) groups is 1.